The van der Waals surface area contributed by atoms with Crippen molar-refractivity contribution >= 4 is 5.97 Å². The average Bonchev–Trinajstić information content (AvgIpc) is 2.52. The molecule has 0 atom stereocenters. The Bertz CT molecular complexity index is 348. The number of hydrogen-bond donors (Lipinski definition) is 1. The second-order valence-corrected chi connectivity index (χ2v) is 3.70. The Labute approximate surface area is 120 Å². The average molecular weight is 284 g/mol. The van der Waals surface area contributed by atoms with E-state index in [4.69, 9.17) is 14.7 Å². The summed E-state index contributed by atoms with van der Waals surface area (Å²) in [5.41, 5.74) is 0.476. The van der Waals surface area contributed by atoms with Crippen LogP contribution in [-0.2, 0) is 9.62 Å². The van der Waals surface area contributed by atoms with E-state index in [0.717, 1.165) is 12.2 Å². The maximum Gasteiger partial charge on any atom is 0.338 e. The number of carbonyl (C=O) groups is 1. The van der Waals surface area contributed by atoms with Gasteiger partial charge in [-0.05, 0) is 30.7 Å². The van der Waals surface area contributed by atoms with E-state index in [9.17, 15) is 4.79 Å². The molecule has 5 heteroatoms. The van der Waals surface area contributed by atoms with Gasteiger partial charge < -0.3 is 9.47 Å². The molecule has 0 radical (unpaired) electrons. The van der Waals surface area contributed by atoms with Gasteiger partial charge in [-0.2, -0.15) is 0 Å². The molecular weight excluding hydrogens is 260 g/mol. The van der Waals surface area contributed by atoms with Gasteiger partial charge in [0, 0.05) is 6.42 Å². The minimum absolute atomic E-state index is 0.150. The summed E-state index contributed by atoms with van der Waals surface area (Å²) in [6.45, 7) is 7.05. The van der Waals surface area contributed by atoms with Crippen molar-refractivity contribution in [2.75, 3.05) is 19.8 Å². The molecule has 1 aromatic carbocycles. The van der Waals surface area contributed by atoms with Crippen molar-refractivity contribution in [1.29, 1.82) is 0 Å². The molecule has 0 fully saturated rings. The van der Waals surface area contributed by atoms with Crippen LogP contribution in [0.5, 0.6) is 5.75 Å². The molecular formula is C15H24O5. The van der Waals surface area contributed by atoms with Crippen LogP contribution in [0.25, 0.3) is 0 Å². The second-order valence-electron chi connectivity index (χ2n) is 3.70. The van der Waals surface area contributed by atoms with Crippen LogP contribution in [0.3, 0.4) is 0 Å². The Morgan fingerprint density at radius 1 is 1.10 bits per heavy atom. The molecule has 0 bridgehead atoms. The zero-order valence-corrected chi connectivity index (χ0v) is 12.4. The predicted octanol–water partition coefficient (Wildman–Crippen LogP) is 3.54. The van der Waals surface area contributed by atoms with E-state index in [1.54, 1.807) is 24.3 Å². The highest BCUT2D eigenvalue weighted by Gasteiger charge is 2.06. The standard InChI is InChI=1S/C13H18O5.C2H6/c1-2-8-16-12-6-4-11(5-7-12)13(14)17-9-3-10-18-15;1-2/h4-7,15H,2-3,8-10H2,1H3;1-2H3. The van der Waals surface area contributed by atoms with Crippen LogP contribution in [0.1, 0.15) is 44.0 Å². The third kappa shape index (κ3) is 7.76. The monoisotopic (exact) mass is 284 g/mol. The predicted molar refractivity (Wildman–Crippen MR) is 77.1 cm³/mol. The lowest BCUT2D eigenvalue weighted by Crippen LogP contribution is -2.08. The molecule has 0 aliphatic heterocycles. The highest BCUT2D eigenvalue weighted by molar-refractivity contribution is 5.89. The van der Waals surface area contributed by atoms with E-state index in [-0.39, 0.29) is 13.2 Å². The van der Waals surface area contributed by atoms with Crippen LogP contribution < -0.4 is 4.74 Å². The van der Waals surface area contributed by atoms with Crippen LogP contribution in [0, 0.1) is 0 Å². The molecule has 0 spiro atoms. The number of carbonyl (C=O) groups excluding carboxylic acids is 1. The first-order valence-electron chi connectivity index (χ1n) is 6.94. The van der Waals surface area contributed by atoms with Crippen molar-refractivity contribution in [3.8, 4) is 5.75 Å². The fourth-order valence-electron chi connectivity index (χ4n) is 1.28. The first-order valence-corrected chi connectivity index (χ1v) is 6.94. The van der Waals surface area contributed by atoms with Crippen molar-refractivity contribution in [1.82, 2.24) is 0 Å². The second kappa shape index (κ2) is 12.4. The van der Waals surface area contributed by atoms with Gasteiger partial charge in [0.2, 0.25) is 0 Å². The third-order valence-electron chi connectivity index (χ3n) is 2.18. The minimum Gasteiger partial charge on any atom is -0.494 e. The molecule has 0 aliphatic rings. The molecule has 1 N–H and O–H groups in total. The van der Waals surface area contributed by atoms with Gasteiger partial charge >= 0.3 is 5.97 Å². The molecule has 0 aliphatic carbocycles. The molecule has 0 unspecified atom stereocenters. The van der Waals surface area contributed by atoms with Gasteiger partial charge in [-0.1, -0.05) is 20.8 Å². The third-order valence-corrected chi connectivity index (χ3v) is 2.18. The fourth-order valence-corrected chi connectivity index (χ4v) is 1.28. The zero-order valence-electron chi connectivity index (χ0n) is 12.4. The molecule has 0 aromatic heterocycles. The Kier molecular flexibility index (Phi) is 11.5. The number of rotatable bonds is 8. The lowest BCUT2D eigenvalue weighted by molar-refractivity contribution is -0.243. The molecule has 20 heavy (non-hydrogen) atoms. The number of benzene rings is 1. The number of hydrogen-bond acceptors (Lipinski definition) is 5. The highest BCUT2D eigenvalue weighted by Crippen LogP contribution is 2.13. The molecule has 1 aromatic rings. The molecule has 0 heterocycles. The Hall–Kier alpha value is -1.59. The lowest BCUT2D eigenvalue weighted by Gasteiger charge is -2.06. The Morgan fingerprint density at radius 2 is 1.75 bits per heavy atom. The Balaban J connectivity index is 0.00000172. The highest BCUT2D eigenvalue weighted by atomic mass is 17.1. The Morgan fingerprint density at radius 3 is 2.30 bits per heavy atom. The van der Waals surface area contributed by atoms with Crippen molar-refractivity contribution in [3.05, 3.63) is 29.8 Å². The maximum atomic E-state index is 11.6. The topological polar surface area (TPSA) is 65.0 Å². The van der Waals surface area contributed by atoms with E-state index in [2.05, 4.69) is 4.89 Å². The maximum absolute atomic E-state index is 11.6. The van der Waals surface area contributed by atoms with Crippen LogP contribution in [0.15, 0.2) is 24.3 Å². The van der Waals surface area contributed by atoms with Gasteiger partial charge in [-0.15, -0.1) is 0 Å². The van der Waals surface area contributed by atoms with Gasteiger partial charge in [0.25, 0.3) is 0 Å². The van der Waals surface area contributed by atoms with Gasteiger partial charge in [-0.25, -0.2) is 9.68 Å². The summed E-state index contributed by atoms with van der Waals surface area (Å²) < 4.78 is 10.4. The molecule has 1 rings (SSSR count). The zero-order chi connectivity index (χ0) is 15.2. The largest absolute Gasteiger partial charge is 0.494 e. The smallest absolute Gasteiger partial charge is 0.338 e. The molecule has 5 nitrogen and oxygen atoms in total. The van der Waals surface area contributed by atoms with Crippen LogP contribution in [-0.4, -0.2) is 31.0 Å². The summed E-state index contributed by atoms with van der Waals surface area (Å²) in [6, 6.07) is 6.80. The van der Waals surface area contributed by atoms with Crippen LogP contribution >= 0.6 is 0 Å². The van der Waals surface area contributed by atoms with Gasteiger partial charge in [-0.3, -0.25) is 5.26 Å². The molecule has 0 saturated heterocycles. The molecule has 0 saturated carbocycles. The van der Waals surface area contributed by atoms with Gasteiger partial charge in [0.15, 0.2) is 0 Å². The minimum atomic E-state index is -0.394. The summed E-state index contributed by atoms with van der Waals surface area (Å²) in [6.07, 6.45) is 1.40. The van der Waals surface area contributed by atoms with Gasteiger partial charge in [0.05, 0.1) is 25.4 Å². The summed E-state index contributed by atoms with van der Waals surface area (Å²) in [7, 11) is 0. The molecule has 114 valence electrons. The number of ether oxygens (including phenoxy) is 2. The van der Waals surface area contributed by atoms with Gasteiger partial charge in [0.1, 0.15) is 5.75 Å². The van der Waals surface area contributed by atoms with E-state index in [1.807, 2.05) is 20.8 Å². The van der Waals surface area contributed by atoms with Crippen LogP contribution in [0.4, 0.5) is 0 Å². The van der Waals surface area contributed by atoms with E-state index in [1.165, 1.54) is 0 Å². The molecule has 0 amide bonds. The summed E-state index contributed by atoms with van der Waals surface area (Å²) >= 11 is 0. The van der Waals surface area contributed by atoms with Crippen LogP contribution in [0.2, 0.25) is 0 Å². The lowest BCUT2D eigenvalue weighted by atomic mass is 10.2. The summed E-state index contributed by atoms with van der Waals surface area (Å²) in [5.74, 6) is 0.345. The first-order chi connectivity index (χ1) is 9.77. The first kappa shape index (κ1) is 18.4. The van der Waals surface area contributed by atoms with Crippen molar-refractivity contribution in [2.24, 2.45) is 0 Å². The summed E-state index contributed by atoms with van der Waals surface area (Å²) in [4.78, 5) is 15.4. The SMILES string of the molecule is CC.CCCOc1ccc(C(=O)OCCCOO)cc1. The number of esters is 1. The van der Waals surface area contributed by atoms with Crippen molar-refractivity contribution < 1.29 is 24.4 Å². The van der Waals surface area contributed by atoms with Crippen molar-refractivity contribution in [2.45, 2.75) is 33.6 Å². The normalized spacial score (nSPS) is 9.40. The fraction of sp³-hybridized carbons (Fsp3) is 0.533. The van der Waals surface area contributed by atoms with E-state index < -0.39 is 5.97 Å². The quantitative estimate of drug-likeness (QED) is 0.342. The summed E-state index contributed by atoms with van der Waals surface area (Å²) in [5, 5.41) is 8.10. The van der Waals surface area contributed by atoms with Crippen molar-refractivity contribution in [3.63, 3.8) is 0 Å². The van der Waals surface area contributed by atoms with E-state index in [0.29, 0.717) is 18.6 Å². The van der Waals surface area contributed by atoms with E-state index >= 15 is 0 Å².